The molecule has 2 atom stereocenters. The molecule has 37 heavy (non-hydrogen) atoms. The number of esters is 1. The third-order valence-electron chi connectivity index (χ3n) is 6.49. The van der Waals surface area contributed by atoms with Crippen molar-refractivity contribution in [3.63, 3.8) is 0 Å². The summed E-state index contributed by atoms with van der Waals surface area (Å²) >= 11 is 7.29. The van der Waals surface area contributed by atoms with Crippen LogP contribution in [0.3, 0.4) is 0 Å². The average Bonchev–Trinajstić information content (AvgIpc) is 3.33. The van der Waals surface area contributed by atoms with Gasteiger partial charge in [-0.2, -0.15) is 0 Å². The Bertz CT molecular complexity index is 1350. The van der Waals surface area contributed by atoms with Gasteiger partial charge >= 0.3 is 5.97 Å². The molecule has 0 radical (unpaired) electrons. The minimum absolute atomic E-state index is 0.158. The van der Waals surface area contributed by atoms with E-state index < -0.39 is 29.7 Å². The molecule has 0 fully saturated rings. The quantitative estimate of drug-likeness (QED) is 0.272. The normalized spacial score (nSPS) is 14.4. The number of carbonyl (C=O) groups excluding carboxylic acids is 4. The summed E-state index contributed by atoms with van der Waals surface area (Å²) in [5.74, 6) is -2.46. The highest BCUT2D eigenvalue weighted by molar-refractivity contribution is 7.17. The highest BCUT2D eigenvalue weighted by Crippen LogP contribution is 2.41. The van der Waals surface area contributed by atoms with Crippen molar-refractivity contribution in [1.82, 2.24) is 4.90 Å². The molecule has 0 spiro atoms. The Labute approximate surface area is 224 Å². The highest BCUT2D eigenvalue weighted by Gasteiger charge is 2.45. The number of amides is 3. The Kier molecular flexibility index (Phi) is 7.80. The fourth-order valence-electron chi connectivity index (χ4n) is 4.49. The van der Waals surface area contributed by atoms with Gasteiger partial charge in [0, 0.05) is 15.5 Å². The third-order valence-corrected chi connectivity index (χ3v) is 7.76. The second-order valence-corrected chi connectivity index (χ2v) is 10.5. The molecule has 192 valence electrons. The minimum Gasteiger partial charge on any atom is -0.462 e. The van der Waals surface area contributed by atoms with Gasteiger partial charge in [-0.15, -0.1) is 11.3 Å². The van der Waals surface area contributed by atoms with Crippen LogP contribution in [-0.4, -0.2) is 41.2 Å². The summed E-state index contributed by atoms with van der Waals surface area (Å²) in [4.78, 5) is 55.1. The SMILES string of the molecule is CCOC(=O)c1c(NC(=O)C(C(C)CC)N2C(=O)c3ccccc3C2=O)sc(C)c1-c1ccc(Cl)cc1. The molecule has 2 aromatic carbocycles. The van der Waals surface area contributed by atoms with Crippen LogP contribution in [0.25, 0.3) is 11.1 Å². The topological polar surface area (TPSA) is 92.8 Å². The number of rotatable bonds is 8. The van der Waals surface area contributed by atoms with Crippen LogP contribution in [0.4, 0.5) is 5.00 Å². The lowest BCUT2D eigenvalue weighted by Gasteiger charge is -2.29. The number of nitrogens with zero attached hydrogens (tertiary/aromatic N) is 1. The molecule has 0 saturated heterocycles. The molecule has 0 bridgehead atoms. The van der Waals surface area contributed by atoms with Gasteiger partial charge in [-0.25, -0.2) is 4.79 Å². The van der Waals surface area contributed by atoms with Gasteiger partial charge < -0.3 is 10.1 Å². The van der Waals surface area contributed by atoms with E-state index in [-0.39, 0.29) is 29.2 Å². The Balaban J connectivity index is 1.75. The predicted octanol–water partition coefficient (Wildman–Crippen LogP) is 6.20. The van der Waals surface area contributed by atoms with Gasteiger partial charge in [-0.3, -0.25) is 19.3 Å². The van der Waals surface area contributed by atoms with Crippen LogP contribution in [0, 0.1) is 12.8 Å². The molecule has 0 saturated carbocycles. The molecule has 9 heteroatoms. The third kappa shape index (κ3) is 4.91. The number of ether oxygens (including phenoxy) is 1. The lowest BCUT2D eigenvalue weighted by Crippen LogP contribution is -2.50. The van der Waals surface area contributed by atoms with E-state index >= 15 is 0 Å². The Morgan fingerprint density at radius 3 is 2.16 bits per heavy atom. The summed E-state index contributed by atoms with van der Waals surface area (Å²) in [5, 5.41) is 3.72. The lowest BCUT2D eigenvalue weighted by molar-refractivity contribution is -0.121. The van der Waals surface area contributed by atoms with Crippen molar-refractivity contribution in [3.05, 3.63) is 75.1 Å². The van der Waals surface area contributed by atoms with Crippen molar-refractivity contribution in [2.75, 3.05) is 11.9 Å². The van der Waals surface area contributed by atoms with Gasteiger partial charge in [0.05, 0.1) is 17.7 Å². The Morgan fingerprint density at radius 2 is 1.62 bits per heavy atom. The summed E-state index contributed by atoms with van der Waals surface area (Å²) < 4.78 is 5.33. The smallest absolute Gasteiger partial charge is 0.341 e. The molecular weight excluding hydrogens is 512 g/mol. The number of thiophene rings is 1. The molecule has 3 aromatic rings. The average molecular weight is 539 g/mol. The first-order valence-corrected chi connectivity index (χ1v) is 13.2. The van der Waals surface area contributed by atoms with Gasteiger partial charge in [0.2, 0.25) is 5.91 Å². The Hall–Kier alpha value is -3.49. The monoisotopic (exact) mass is 538 g/mol. The zero-order chi connectivity index (χ0) is 26.9. The summed E-state index contributed by atoms with van der Waals surface area (Å²) in [5.41, 5.74) is 2.16. The van der Waals surface area contributed by atoms with Crippen molar-refractivity contribution in [2.24, 2.45) is 5.92 Å². The van der Waals surface area contributed by atoms with Crippen LogP contribution >= 0.6 is 22.9 Å². The van der Waals surface area contributed by atoms with Crippen LogP contribution in [0.5, 0.6) is 0 Å². The first-order valence-electron chi connectivity index (χ1n) is 12.0. The number of anilines is 1. The molecule has 2 unspecified atom stereocenters. The molecule has 7 nitrogen and oxygen atoms in total. The molecule has 2 heterocycles. The van der Waals surface area contributed by atoms with Crippen molar-refractivity contribution >= 4 is 51.6 Å². The van der Waals surface area contributed by atoms with E-state index in [2.05, 4.69) is 5.32 Å². The van der Waals surface area contributed by atoms with E-state index in [1.54, 1.807) is 55.5 Å². The zero-order valence-corrected chi connectivity index (χ0v) is 22.5. The van der Waals surface area contributed by atoms with Crippen LogP contribution in [-0.2, 0) is 9.53 Å². The lowest BCUT2D eigenvalue weighted by atomic mass is 9.96. The fraction of sp³-hybridized carbons (Fsp3) is 0.286. The molecule has 1 aliphatic heterocycles. The molecule has 0 aliphatic carbocycles. The second-order valence-electron chi connectivity index (χ2n) is 8.81. The summed E-state index contributed by atoms with van der Waals surface area (Å²) in [6, 6.07) is 12.5. The largest absolute Gasteiger partial charge is 0.462 e. The van der Waals surface area contributed by atoms with E-state index in [4.69, 9.17) is 16.3 Å². The van der Waals surface area contributed by atoms with Crippen LogP contribution in [0.15, 0.2) is 48.5 Å². The number of nitrogens with one attached hydrogen (secondary N) is 1. The molecule has 1 N–H and O–H groups in total. The molecule has 1 aliphatic rings. The van der Waals surface area contributed by atoms with Gasteiger partial charge in [0.1, 0.15) is 16.6 Å². The van der Waals surface area contributed by atoms with Crippen LogP contribution in [0.2, 0.25) is 5.02 Å². The minimum atomic E-state index is -1.06. The van der Waals surface area contributed by atoms with Crippen molar-refractivity contribution in [1.29, 1.82) is 0 Å². The van der Waals surface area contributed by atoms with Crippen LogP contribution < -0.4 is 5.32 Å². The van der Waals surface area contributed by atoms with Crippen LogP contribution in [0.1, 0.15) is 63.1 Å². The van der Waals surface area contributed by atoms with Crippen molar-refractivity contribution in [3.8, 4) is 11.1 Å². The van der Waals surface area contributed by atoms with E-state index in [9.17, 15) is 19.2 Å². The fourth-order valence-corrected chi connectivity index (χ4v) is 5.69. The maximum Gasteiger partial charge on any atom is 0.341 e. The van der Waals surface area contributed by atoms with Crippen molar-refractivity contribution in [2.45, 2.75) is 40.2 Å². The summed E-state index contributed by atoms with van der Waals surface area (Å²) in [6.45, 7) is 7.42. The molecule has 3 amide bonds. The summed E-state index contributed by atoms with van der Waals surface area (Å²) in [6.07, 6.45) is 0.551. The zero-order valence-electron chi connectivity index (χ0n) is 21.0. The first-order chi connectivity index (χ1) is 17.7. The van der Waals surface area contributed by atoms with Gasteiger partial charge in [-0.1, -0.05) is 56.1 Å². The van der Waals surface area contributed by atoms with E-state index in [1.165, 1.54) is 11.3 Å². The number of aryl methyl sites for hydroxylation is 1. The number of carbonyl (C=O) groups is 4. The number of hydrogen-bond donors (Lipinski definition) is 1. The van der Waals surface area contributed by atoms with Crippen molar-refractivity contribution < 1.29 is 23.9 Å². The molecule has 1 aromatic heterocycles. The Morgan fingerprint density at radius 1 is 1.03 bits per heavy atom. The van der Waals surface area contributed by atoms with Gasteiger partial charge in [-0.05, 0) is 49.6 Å². The van der Waals surface area contributed by atoms with Gasteiger partial charge in [0.15, 0.2) is 0 Å². The van der Waals surface area contributed by atoms with Gasteiger partial charge in [0.25, 0.3) is 11.8 Å². The second kappa shape index (κ2) is 10.9. The first kappa shape index (κ1) is 26.6. The standard InChI is InChI=1S/C28H27ClN2O5S/c1-5-15(3)23(31-26(33)19-9-7-8-10-20(19)27(31)34)24(32)30-25-22(28(35)36-6-2)21(16(4)37-25)17-11-13-18(29)14-12-17/h7-15,23H,5-6H2,1-4H3,(H,30,32). The van der Waals surface area contributed by atoms with E-state index in [0.717, 1.165) is 15.3 Å². The van der Waals surface area contributed by atoms with E-state index in [0.29, 0.717) is 22.0 Å². The number of hydrogen-bond acceptors (Lipinski definition) is 6. The summed E-state index contributed by atoms with van der Waals surface area (Å²) in [7, 11) is 0. The highest BCUT2D eigenvalue weighted by atomic mass is 35.5. The number of imide groups is 1. The van der Waals surface area contributed by atoms with E-state index in [1.807, 2.05) is 20.8 Å². The maximum atomic E-state index is 13.8. The molecular formula is C28H27ClN2O5S. The predicted molar refractivity (Wildman–Crippen MR) is 144 cm³/mol. The number of halogens is 1. The molecule has 4 rings (SSSR count). The maximum absolute atomic E-state index is 13.8. The number of fused-ring (bicyclic) bond motifs is 1. The number of benzene rings is 2.